The summed E-state index contributed by atoms with van der Waals surface area (Å²) in [6.45, 7) is 6.28. The van der Waals surface area contributed by atoms with Gasteiger partial charge in [0, 0.05) is 13.0 Å². The van der Waals surface area contributed by atoms with E-state index in [1.807, 2.05) is 13.8 Å². The van der Waals surface area contributed by atoms with E-state index >= 15 is 0 Å². The van der Waals surface area contributed by atoms with Crippen molar-refractivity contribution in [1.82, 2.24) is 10.6 Å². The normalized spacial score (nSPS) is 23.7. The second-order valence-electron chi connectivity index (χ2n) is 4.47. The zero-order valence-electron chi connectivity index (χ0n) is 10.2. The lowest BCUT2D eigenvalue weighted by atomic mass is 9.57. The summed E-state index contributed by atoms with van der Waals surface area (Å²) in [7, 11) is 1.73. The molecule has 0 unspecified atom stereocenters. The molecule has 1 amide bonds. The first-order chi connectivity index (χ1) is 7.26. The lowest BCUT2D eigenvalue weighted by Gasteiger charge is -2.49. The molecule has 2 rings (SSSR count). The highest BCUT2D eigenvalue weighted by atomic mass is 16.1. The minimum Gasteiger partial charge on any atom is -0.359 e. The SMILES string of the molecule is CC.CNC(=O)C1CC2(CCNCC2)C1. The van der Waals surface area contributed by atoms with Crippen molar-refractivity contribution < 1.29 is 4.79 Å². The van der Waals surface area contributed by atoms with Crippen LogP contribution in [-0.2, 0) is 4.79 Å². The lowest BCUT2D eigenvalue weighted by molar-refractivity contribution is -0.133. The van der Waals surface area contributed by atoms with Crippen LogP contribution >= 0.6 is 0 Å². The van der Waals surface area contributed by atoms with E-state index in [2.05, 4.69) is 10.6 Å². The van der Waals surface area contributed by atoms with E-state index < -0.39 is 0 Å². The molecule has 0 aromatic rings. The van der Waals surface area contributed by atoms with Crippen molar-refractivity contribution in [3.05, 3.63) is 0 Å². The van der Waals surface area contributed by atoms with E-state index in [0.29, 0.717) is 11.3 Å². The van der Waals surface area contributed by atoms with Gasteiger partial charge in [-0.1, -0.05) is 13.8 Å². The molecule has 1 heterocycles. The highest BCUT2D eigenvalue weighted by Gasteiger charge is 2.46. The van der Waals surface area contributed by atoms with E-state index in [4.69, 9.17) is 0 Å². The Hall–Kier alpha value is -0.570. The topological polar surface area (TPSA) is 41.1 Å². The van der Waals surface area contributed by atoms with Crippen LogP contribution in [0.15, 0.2) is 0 Å². The first-order valence-electron chi connectivity index (χ1n) is 6.18. The molecule has 2 N–H and O–H groups in total. The van der Waals surface area contributed by atoms with Crippen LogP contribution in [0.2, 0.25) is 0 Å². The second-order valence-corrected chi connectivity index (χ2v) is 4.47. The molecule has 0 atom stereocenters. The Kier molecular flexibility index (Phi) is 4.58. The van der Waals surface area contributed by atoms with Crippen LogP contribution in [-0.4, -0.2) is 26.0 Å². The summed E-state index contributed by atoms with van der Waals surface area (Å²) >= 11 is 0. The van der Waals surface area contributed by atoms with Crippen LogP contribution in [0, 0.1) is 11.3 Å². The lowest BCUT2D eigenvalue weighted by Crippen LogP contribution is -2.49. The molecule has 1 spiro atoms. The van der Waals surface area contributed by atoms with Crippen LogP contribution in [0.25, 0.3) is 0 Å². The summed E-state index contributed by atoms with van der Waals surface area (Å²) in [5.74, 6) is 0.548. The summed E-state index contributed by atoms with van der Waals surface area (Å²) in [5.41, 5.74) is 0.530. The van der Waals surface area contributed by atoms with E-state index in [-0.39, 0.29) is 5.91 Å². The average Bonchev–Trinajstić information content (AvgIpc) is 2.28. The number of rotatable bonds is 1. The van der Waals surface area contributed by atoms with Gasteiger partial charge < -0.3 is 10.6 Å². The van der Waals surface area contributed by atoms with Crippen molar-refractivity contribution in [2.24, 2.45) is 11.3 Å². The standard InChI is InChI=1S/C10H18N2O.C2H6/c1-11-9(13)8-6-10(7-8)2-4-12-5-3-10;1-2/h8,12H,2-7H2,1H3,(H,11,13);1-2H3. The largest absolute Gasteiger partial charge is 0.359 e. The molecule has 15 heavy (non-hydrogen) atoms. The monoisotopic (exact) mass is 212 g/mol. The molecule has 3 heteroatoms. The van der Waals surface area contributed by atoms with Gasteiger partial charge in [-0.25, -0.2) is 0 Å². The van der Waals surface area contributed by atoms with Crippen LogP contribution in [0.5, 0.6) is 0 Å². The maximum atomic E-state index is 11.3. The summed E-state index contributed by atoms with van der Waals surface area (Å²) < 4.78 is 0. The molecule has 1 saturated carbocycles. The Labute approximate surface area is 93.0 Å². The van der Waals surface area contributed by atoms with Crippen LogP contribution in [0.4, 0.5) is 0 Å². The number of piperidine rings is 1. The van der Waals surface area contributed by atoms with Gasteiger partial charge in [0.05, 0.1) is 0 Å². The summed E-state index contributed by atoms with van der Waals surface area (Å²) in [4.78, 5) is 11.3. The fourth-order valence-electron chi connectivity index (χ4n) is 2.74. The zero-order valence-corrected chi connectivity index (χ0v) is 10.2. The molecule has 1 saturated heterocycles. The van der Waals surface area contributed by atoms with Gasteiger partial charge in [-0.2, -0.15) is 0 Å². The number of amides is 1. The summed E-state index contributed by atoms with van der Waals surface area (Å²) in [5, 5.41) is 6.10. The van der Waals surface area contributed by atoms with Crippen LogP contribution in [0.3, 0.4) is 0 Å². The van der Waals surface area contributed by atoms with Gasteiger partial charge in [0.2, 0.25) is 5.91 Å². The predicted octanol–water partition coefficient (Wildman–Crippen LogP) is 1.54. The maximum Gasteiger partial charge on any atom is 0.222 e. The Bertz CT molecular complexity index is 202. The second kappa shape index (κ2) is 5.50. The van der Waals surface area contributed by atoms with Gasteiger partial charge in [-0.3, -0.25) is 4.79 Å². The number of hydrogen-bond acceptors (Lipinski definition) is 2. The van der Waals surface area contributed by atoms with Gasteiger partial charge in [0.1, 0.15) is 0 Å². The number of carbonyl (C=O) groups excluding carboxylic acids is 1. The zero-order chi connectivity index (χ0) is 11.3. The predicted molar refractivity (Wildman–Crippen MR) is 62.7 cm³/mol. The van der Waals surface area contributed by atoms with Gasteiger partial charge in [-0.05, 0) is 44.2 Å². The van der Waals surface area contributed by atoms with Gasteiger partial charge in [0.15, 0.2) is 0 Å². The quantitative estimate of drug-likeness (QED) is 0.692. The average molecular weight is 212 g/mol. The third-order valence-corrected chi connectivity index (χ3v) is 3.64. The van der Waals surface area contributed by atoms with Crippen molar-refractivity contribution in [3.63, 3.8) is 0 Å². The summed E-state index contributed by atoms with van der Waals surface area (Å²) in [6.07, 6.45) is 4.77. The maximum absolute atomic E-state index is 11.3. The molecule has 0 radical (unpaired) electrons. The Morgan fingerprint density at radius 1 is 1.27 bits per heavy atom. The van der Waals surface area contributed by atoms with Crippen LogP contribution < -0.4 is 10.6 Å². The van der Waals surface area contributed by atoms with Gasteiger partial charge >= 0.3 is 0 Å². The molecule has 0 bridgehead atoms. The van der Waals surface area contributed by atoms with Gasteiger partial charge in [-0.15, -0.1) is 0 Å². The molecule has 0 aromatic heterocycles. The number of hydrogen-bond donors (Lipinski definition) is 2. The van der Waals surface area contributed by atoms with Crippen LogP contribution in [0.1, 0.15) is 39.5 Å². The first-order valence-corrected chi connectivity index (χ1v) is 6.18. The molecule has 0 aromatic carbocycles. The van der Waals surface area contributed by atoms with Gasteiger partial charge in [0.25, 0.3) is 0 Å². The Morgan fingerprint density at radius 3 is 2.27 bits per heavy atom. The van der Waals surface area contributed by atoms with Crippen molar-refractivity contribution in [3.8, 4) is 0 Å². The molecule has 2 aliphatic rings. The number of carbonyl (C=O) groups is 1. The van der Waals surface area contributed by atoms with Crippen molar-refractivity contribution in [2.45, 2.75) is 39.5 Å². The minimum atomic E-state index is 0.240. The van der Waals surface area contributed by atoms with E-state index in [1.54, 1.807) is 7.05 Å². The molecule has 88 valence electrons. The fourth-order valence-corrected chi connectivity index (χ4v) is 2.74. The first kappa shape index (κ1) is 12.5. The summed E-state index contributed by atoms with van der Waals surface area (Å²) in [6, 6.07) is 0. The third kappa shape index (κ3) is 2.71. The van der Waals surface area contributed by atoms with Crippen molar-refractivity contribution in [1.29, 1.82) is 0 Å². The fraction of sp³-hybridized carbons (Fsp3) is 0.917. The molecule has 2 fully saturated rings. The smallest absolute Gasteiger partial charge is 0.222 e. The van der Waals surface area contributed by atoms with E-state index in [0.717, 1.165) is 25.9 Å². The minimum absolute atomic E-state index is 0.240. The Balaban J connectivity index is 0.000000531. The third-order valence-electron chi connectivity index (χ3n) is 3.64. The highest BCUT2D eigenvalue weighted by molar-refractivity contribution is 5.79. The highest BCUT2D eigenvalue weighted by Crippen LogP contribution is 2.51. The molecular formula is C12H24N2O. The molecule has 1 aliphatic heterocycles. The molecule has 1 aliphatic carbocycles. The number of nitrogens with one attached hydrogen (secondary N) is 2. The molecular weight excluding hydrogens is 188 g/mol. The Morgan fingerprint density at radius 2 is 1.80 bits per heavy atom. The van der Waals surface area contributed by atoms with E-state index in [9.17, 15) is 4.79 Å². The van der Waals surface area contributed by atoms with Crippen molar-refractivity contribution in [2.75, 3.05) is 20.1 Å². The van der Waals surface area contributed by atoms with Crippen molar-refractivity contribution >= 4 is 5.91 Å². The van der Waals surface area contributed by atoms with E-state index in [1.165, 1.54) is 12.8 Å². The molecule has 3 nitrogen and oxygen atoms in total.